The van der Waals surface area contributed by atoms with Gasteiger partial charge in [-0.3, -0.25) is 0 Å². The smallest absolute Gasteiger partial charge is 0.319 e. The Morgan fingerprint density at radius 3 is 2.78 bits per heavy atom. The second-order valence-corrected chi connectivity index (χ2v) is 4.32. The summed E-state index contributed by atoms with van der Waals surface area (Å²) in [5.74, 6) is 0.685. The Hall–Kier alpha value is -1.75. The first-order valence-electron chi connectivity index (χ1n) is 5.91. The van der Waals surface area contributed by atoms with Gasteiger partial charge in [0.2, 0.25) is 0 Å². The van der Waals surface area contributed by atoms with Crippen LogP contribution in [0.15, 0.2) is 24.3 Å². The van der Waals surface area contributed by atoms with Gasteiger partial charge in [0, 0.05) is 17.8 Å². The van der Waals surface area contributed by atoms with Crippen LogP contribution in [-0.2, 0) is 0 Å². The molecular weight excluding hydrogens is 232 g/mol. The molecule has 5 nitrogen and oxygen atoms in total. The third-order valence-electron chi connectivity index (χ3n) is 2.40. The Labute approximate surface area is 107 Å². The van der Waals surface area contributed by atoms with Crippen LogP contribution in [0, 0.1) is 0 Å². The zero-order valence-electron chi connectivity index (χ0n) is 10.9. The number of anilines is 1. The lowest BCUT2D eigenvalue weighted by Gasteiger charge is -2.16. The maximum absolute atomic E-state index is 11.7. The number of aliphatic hydroxyl groups is 1. The number of aliphatic hydroxyl groups excluding tert-OH is 1. The van der Waals surface area contributed by atoms with E-state index < -0.39 is 6.10 Å². The van der Waals surface area contributed by atoms with Gasteiger partial charge in [-0.2, -0.15) is 0 Å². The minimum absolute atomic E-state index is 0.0874. The summed E-state index contributed by atoms with van der Waals surface area (Å²) in [5.41, 5.74) is 0.663. The van der Waals surface area contributed by atoms with E-state index in [-0.39, 0.29) is 12.1 Å². The molecule has 2 amide bonds. The summed E-state index contributed by atoms with van der Waals surface area (Å²) in [6.45, 7) is 3.54. The molecule has 1 aromatic rings. The average Bonchev–Trinajstić information content (AvgIpc) is 2.27. The monoisotopic (exact) mass is 252 g/mol. The van der Waals surface area contributed by atoms with E-state index in [0.717, 1.165) is 0 Å². The summed E-state index contributed by atoms with van der Waals surface area (Å²) in [6, 6.07) is 6.74. The molecule has 1 aromatic carbocycles. The Bertz CT molecular complexity index is 394. The van der Waals surface area contributed by atoms with Crippen molar-refractivity contribution in [3.63, 3.8) is 0 Å². The second-order valence-electron chi connectivity index (χ2n) is 4.32. The quantitative estimate of drug-likeness (QED) is 0.750. The van der Waals surface area contributed by atoms with Gasteiger partial charge < -0.3 is 20.5 Å². The van der Waals surface area contributed by atoms with E-state index in [0.29, 0.717) is 17.9 Å². The molecule has 100 valence electrons. The fraction of sp³-hybridized carbons (Fsp3) is 0.462. The van der Waals surface area contributed by atoms with Gasteiger partial charge in [0.25, 0.3) is 0 Å². The number of ether oxygens (including phenoxy) is 1. The van der Waals surface area contributed by atoms with E-state index in [1.807, 2.05) is 6.92 Å². The third-order valence-corrected chi connectivity index (χ3v) is 2.40. The van der Waals surface area contributed by atoms with Crippen molar-refractivity contribution in [2.24, 2.45) is 0 Å². The van der Waals surface area contributed by atoms with Gasteiger partial charge in [0.05, 0.1) is 13.2 Å². The van der Waals surface area contributed by atoms with Gasteiger partial charge in [-0.05, 0) is 32.4 Å². The molecule has 0 saturated heterocycles. The van der Waals surface area contributed by atoms with Gasteiger partial charge >= 0.3 is 6.03 Å². The fourth-order valence-electron chi connectivity index (χ4n) is 1.66. The first kappa shape index (κ1) is 14.3. The number of rotatable bonds is 5. The number of benzene rings is 1. The Balaban J connectivity index is 2.48. The number of hydrogen-bond donors (Lipinski definition) is 3. The lowest BCUT2D eigenvalue weighted by molar-refractivity contribution is 0.171. The minimum atomic E-state index is -0.433. The van der Waals surface area contributed by atoms with Crippen molar-refractivity contribution in [2.75, 3.05) is 12.4 Å². The molecule has 0 radical (unpaired) electrons. The predicted octanol–water partition coefficient (Wildman–Crippen LogP) is 1.98. The maximum atomic E-state index is 11.7. The zero-order chi connectivity index (χ0) is 13.5. The number of carbonyl (C=O) groups excluding carboxylic acids is 1. The number of urea groups is 1. The molecule has 3 N–H and O–H groups in total. The van der Waals surface area contributed by atoms with Crippen LogP contribution >= 0.6 is 0 Å². The van der Waals surface area contributed by atoms with Crippen molar-refractivity contribution in [3.05, 3.63) is 24.3 Å². The van der Waals surface area contributed by atoms with Crippen LogP contribution in [-0.4, -0.2) is 30.4 Å². The first-order chi connectivity index (χ1) is 8.51. The molecule has 2 atom stereocenters. The first-order valence-corrected chi connectivity index (χ1v) is 5.91. The van der Waals surface area contributed by atoms with E-state index in [9.17, 15) is 9.90 Å². The number of methoxy groups -OCH3 is 1. The Morgan fingerprint density at radius 2 is 2.17 bits per heavy atom. The van der Waals surface area contributed by atoms with Gasteiger partial charge in [-0.25, -0.2) is 4.79 Å². The zero-order valence-corrected chi connectivity index (χ0v) is 10.9. The van der Waals surface area contributed by atoms with E-state index in [1.54, 1.807) is 38.3 Å². The normalized spacial score (nSPS) is 13.6. The van der Waals surface area contributed by atoms with Crippen molar-refractivity contribution < 1.29 is 14.6 Å². The number of carbonyl (C=O) groups is 1. The summed E-state index contributed by atoms with van der Waals surface area (Å²) in [6.07, 6.45) is 0.0862. The van der Waals surface area contributed by atoms with Gasteiger partial charge in [0.15, 0.2) is 0 Å². The molecule has 0 spiro atoms. The highest BCUT2D eigenvalue weighted by molar-refractivity contribution is 5.89. The molecule has 0 saturated carbocycles. The molecule has 0 aromatic heterocycles. The molecule has 2 unspecified atom stereocenters. The Kier molecular flexibility index (Phi) is 5.45. The minimum Gasteiger partial charge on any atom is -0.497 e. The molecule has 0 aliphatic carbocycles. The maximum Gasteiger partial charge on any atom is 0.319 e. The van der Waals surface area contributed by atoms with Crippen molar-refractivity contribution in [3.8, 4) is 5.75 Å². The van der Waals surface area contributed by atoms with Crippen LogP contribution in [0.3, 0.4) is 0 Å². The fourth-order valence-corrected chi connectivity index (χ4v) is 1.66. The summed E-state index contributed by atoms with van der Waals surface area (Å²) in [5, 5.41) is 14.7. The standard InChI is InChI=1S/C13H20N2O3/c1-9(7-10(2)16)14-13(17)15-11-5-4-6-12(8-11)18-3/h4-6,8-10,16H,7H2,1-3H3,(H2,14,15,17). The highest BCUT2D eigenvalue weighted by Gasteiger charge is 2.09. The summed E-state index contributed by atoms with van der Waals surface area (Å²) < 4.78 is 5.07. The molecule has 0 aliphatic rings. The van der Waals surface area contributed by atoms with Gasteiger partial charge in [-0.15, -0.1) is 0 Å². The van der Waals surface area contributed by atoms with Crippen LogP contribution in [0.5, 0.6) is 5.75 Å². The van der Waals surface area contributed by atoms with Gasteiger partial charge in [-0.1, -0.05) is 6.07 Å². The summed E-state index contributed by atoms with van der Waals surface area (Å²) in [7, 11) is 1.57. The summed E-state index contributed by atoms with van der Waals surface area (Å²) >= 11 is 0. The van der Waals surface area contributed by atoms with Crippen molar-refractivity contribution in [2.45, 2.75) is 32.4 Å². The highest BCUT2D eigenvalue weighted by atomic mass is 16.5. The predicted molar refractivity (Wildman–Crippen MR) is 70.9 cm³/mol. The molecule has 18 heavy (non-hydrogen) atoms. The molecular formula is C13H20N2O3. The molecule has 0 fully saturated rings. The number of nitrogens with one attached hydrogen (secondary N) is 2. The molecule has 5 heteroatoms. The van der Waals surface area contributed by atoms with E-state index >= 15 is 0 Å². The second kappa shape index (κ2) is 6.86. The number of amides is 2. The topological polar surface area (TPSA) is 70.6 Å². The molecule has 0 aliphatic heterocycles. The van der Waals surface area contributed by atoms with Crippen molar-refractivity contribution >= 4 is 11.7 Å². The number of hydrogen-bond acceptors (Lipinski definition) is 3. The Morgan fingerprint density at radius 1 is 1.44 bits per heavy atom. The van der Waals surface area contributed by atoms with Crippen LogP contribution in [0.4, 0.5) is 10.5 Å². The third kappa shape index (κ3) is 5.05. The van der Waals surface area contributed by atoms with Crippen LogP contribution in [0.1, 0.15) is 20.3 Å². The molecule has 0 bridgehead atoms. The van der Waals surface area contributed by atoms with Crippen molar-refractivity contribution in [1.82, 2.24) is 5.32 Å². The molecule has 1 rings (SSSR count). The highest BCUT2D eigenvalue weighted by Crippen LogP contribution is 2.16. The van der Waals surface area contributed by atoms with Gasteiger partial charge in [0.1, 0.15) is 5.75 Å². The van der Waals surface area contributed by atoms with Crippen molar-refractivity contribution in [1.29, 1.82) is 0 Å². The average molecular weight is 252 g/mol. The van der Waals surface area contributed by atoms with Crippen LogP contribution in [0.25, 0.3) is 0 Å². The van der Waals surface area contributed by atoms with E-state index in [2.05, 4.69) is 10.6 Å². The van der Waals surface area contributed by atoms with Crippen LogP contribution in [0.2, 0.25) is 0 Å². The molecule has 0 heterocycles. The van der Waals surface area contributed by atoms with E-state index in [4.69, 9.17) is 4.74 Å². The SMILES string of the molecule is COc1cccc(NC(=O)NC(C)CC(C)O)c1. The largest absolute Gasteiger partial charge is 0.497 e. The summed E-state index contributed by atoms with van der Waals surface area (Å²) in [4.78, 5) is 11.7. The van der Waals surface area contributed by atoms with Crippen LogP contribution < -0.4 is 15.4 Å². The van der Waals surface area contributed by atoms with E-state index in [1.165, 1.54) is 0 Å². The lowest BCUT2D eigenvalue weighted by atomic mass is 10.2. The lowest BCUT2D eigenvalue weighted by Crippen LogP contribution is -2.37.